The van der Waals surface area contributed by atoms with Gasteiger partial charge in [0.1, 0.15) is 0 Å². The Balaban J connectivity index is 3.18. The van der Waals surface area contributed by atoms with Gasteiger partial charge < -0.3 is 5.73 Å². The molecule has 0 aromatic rings. The molecule has 0 aliphatic rings. The maximum absolute atomic E-state index is 6.32. The van der Waals surface area contributed by atoms with Crippen molar-refractivity contribution in [3.05, 3.63) is 0 Å². The normalized spacial score (nSPS) is 13.8. The van der Waals surface area contributed by atoms with Crippen LogP contribution in [0.5, 0.6) is 0 Å². The molecule has 2 N–H and O–H groups in total. The van der Waals surface area contributed by atoms with Gasteiger partial charge >= 0.3 is 0 Å². The van der Waals surface area contributed by atoms with E-state index in [1.165, 1.54) is 135 Å². The van der Waals surface area contributed by atoms with Gasteiger partial charge in [0.05, 0.1) is 0 Å². The lowest BCUT2D eigenvalue weighted by Crippen LogP contribution is -2.28. The van der Waals surface area contributed by atoms with Gasteiger partial charge in [0, 0.05) is 6.04 Å². The van der Waals surface area contributed by atoms with E-state index in [2.05, 4.69) is 20.8 Å². The molecule has 0 saturated carbocycles. The molecule has 0 amide bonds. The van der Waals surface area contributed by atoms with Gasteiger partial charge in [0.15, 0.2) is 0 Å². The predicted octanol–water partition coefficient (Wildman–Crippen LogP) is 9.18. The first-order chi connectivity index (χ1) is 13.2. The minimum Gasteiger partial charge on any atom is -0.327 e. The van der Waals surface area contributed by atoms with Gasteiger partial charge in [-0.25, -0.2) is 0 Å². The molecule has 0 radical (unpaired) electrons. The third kappa shape index (κ3) is 20.5. The summed E-state index contributed by atoms with van der Waals surface area (Å²) in [5, 5.41) is 0. The molecule has 2 atom stereocenters. The van der Waals surface area contributed by atoms with Crippen LogP contribution in [0.4, 0.5) is 0 Å². The van der Waals surface area contributed by atoms with Crippen molar-refractivity contribution in [2.45, 2.75) is 162 Å². The van der Waals surface area contributed by atoms with Crippen molar-refractivity contribution in [1.82, 2.24) is 0 Å². The van der Waals surface area contributed by atoms with Crippen LogP contribution in [0, 0.1) is 5.92 Å². The molecule has 0 rings (SSSR count). The summed E-state index contributed by atoms with van der Waals surface area (Å²) in [5.41, 5.74) is 6.32. The molecule has 27 heavy (non-hydrogen) atoms. The fourth-order valence-corrected chi connectivity index (χ4v) is 4.14. The van der Waals surface area contributed by atoms with E-state index in [-0.39, 0.29) is 0 Å². The van der Waals surface area contributed by atoms with E-state index >= 15 is 0 Å². The lowest BCUT2D eigenvalue weighted by Gasteiger charge is -2.19. The zero-order valence-electron chi connectivity index (χ0n) is 19.6. The van der Waals surface area contributed by atoms with Gasteiger partial charge in [-0.2, -0.15) is 0 Å². The molecule has 2 unspecified atom stereocenters. The van der Waals surface area contributed by atoms with Crippen molar-refractivity contribution in [3.8, 4) is 0 Å². The Bertz CT molecular complexity index is 263. The summed E-state index contributed by atoms with van der Waals surface area (Å²) in [6, 6.07) is 0.438. The molecule has 0 aliphatic heterocycles. The molecule has 1 nitrogen and oxygen atoms in total. The largest absolute Gasteiger partial charge is 0.327 e. The predicted molar refractivity (Wildman–Crippen MR) is 125 cm³/mol. The highest BCUT2D eigenvalue weighted by atomic mass is 14.6. The van der Waals surface area contributed by atoms with Crippen molar-refractivity contribution in [1.29, 1.82) is 0 Å². The van der Waals surface area contributed by atoms with Crippen molar-refractivity contribution in [2.24, 2.45) is 11.7 Å². The summed E-state index contributed by atoms with van der Waals surface area (Å²) in [6.07, 6.45) is 29.8. The monoisotopic (exact) mass is 381 g/mol. The van der Waals surface area contributed by atoms with Gasteiger partial charge in [0.2, 0.25) is 0 Å². The van der Waals surface area contributed by atoms with Crippen LogP contribution in [-0.2, 0) is 0 Å². The molecule has 0 aliphatic carbocycles. The van der Waals surface area contributed by atoms with Gasteiger partial charge in [-0.05, 0) is 18.8 Å². The maximum atomic E-state index is 6.32. The summed E-state index contributed by atoms with van der Waals surface area (Å²) in [7, 11) is 0. The van der Waals surface area contributed by atoms with Crippen LogP contribution in [0.2, 0.25) is 0 Å². The molecule has 164 valence electrons. The summed E-state index contributed by atoms with van der Waals surface area (Å²) in [5.74, 6) is 0.716. The number of hydrogen-bond acceptors (Lipinski definition) is 1. The first kappa shape index (κ1) is 27.0. The van der Waals surface area contributed by atoms with E-state index in [4.69, 9.17) is 5.73 Å². The fraction of sp³-hybridized carbons (Fsp3) is 1.00. The van der Waals surface area contributed by atoms with Crippen LogP contribution in [-0.4, -0.2) is 6.04 Å². The second-order valence-corrected chi connectivity index (χ2v) is 9.23. The second kappa shape index (κ2) is 22.3. The van der Waals surface area contributed by atoms with Crippen LogP contribution in [0.1, 0.15) is 156 Å². The maximum Gasteiger partial charge on any atom is 0.00645 e. The average molecular weight is 382 g/mol. The number of nitrogens with two attached hydrogens (primary N) is 1. The average Bonchev–Trinajstić information content (AvgIpc) is 2.67. The first-order valence-electron chi connectivity index (χ1n) is 13.0. The van der Waals surface area contributed by atoms with Gasteiger partial charge in [-0.1, -0.05) is 143 Å². The fourth-order valence-electron chi connectivity index (χ4n) is 4.14. The van der Waals surface area contributed by atoms with Gasteiger partial charge in [-0.3, -0.25) is 0 Å². The van der Waals surface area contributed by atoms with Crippen molar-refractivity contribution in [2.75, 3.05) is 0 Å². The molecule has 0 fully saturated rings. The van der Waals surface area contributed by atoms with Gasteiger partial charge in [0.25, 0.3) is 0 Å². The molecule has 0 saturated heterocycles. The molecule has 0 aromatic carbocycles. The highest BCUT2D eigenvalue weighted by Gasteiger charge is 2.11. The Morgan fingerprint density at radius 3 is 1.15 bits per heavy atom. The van der Waals surface area contributed by atoms with Crippen LogP contribution >= 0.6 is 0 Å². The third-order valence-corrected chi connectivity index (χ3v) is 6.38. The summed E-state index contributed by atoms with van der Waals surface area (Å²) in [6.45, 7) is 6.93. The Morgan fingerprint density at radius 1 is 0.444 bits per heavy atom. The third-order valence-electron chi connectivity index (χ3n) is 6.38. The Labute approximate surface area is 173 Å². The Kier molecular flexibility index (Phi) is 22.2. The molecule has 0 heterocycles. The van der Waals surface area contributed by atoms with Crippen LogP contribution in [0.15, 0.2) is 0 Å². The SMILES string of the molecule is CCCCCCCCCCCCCCCCCCC(C)C(N)CCCCC. The van der Waals surface area contributed by atoms with Crippen molar-refractivity contribution < 1.29 is 0 Å². The quantitative estimate of drug-likeness (QED) is 0.186. The highest BCUT2D eigenvalue weighted by Crippen LogP contribution is 2.18. The lowest BCUT2D eigenvalue weighted by atomic mass is 9.92. The topological polar surface area (TPSA) is 26.0 Å². The first-order valence-corrected chi connectivity index (χ1v) is 13.0. The standard InChI is InChI=1S/C26H55N/c1-4-6-8-9-10-11-12-13-14-15-16-17-18-19-20-22-23-25(3)26(27)24-21-7-5-2/h25-26H,4-24,27H2,1-3H3. The highest BCUT2D eigenvalue weighted by molar-refractivity contribution is 4.69. The van der Waals surface area contributed by atoms with Crippen molar-refractivity contribution >= 4 is 0 Å². The summed E-state index contributed by atoms with van der Waals surface area (Å²) >= 11 is 0. The van der Waals surface area contributed by atoms with Gasteiger partial charge in [-0.15, -0.1) is 0 Å². The number of unbranched alkanes of at least 4 members (excludes halogenated alkanes) is 17. The second-order valence-electron chi connectivity index (χ2n) is 9.23. The minimum atomic E-state index is 0.438. The summed E-state index contributed by atoms with van der Waals surface area (Å²) < 4.78 is 0. The van der Waals surface area contributed by atoms with E-state index in [9.17, 15) is 0 Å². The Morgan fingerprint density at radius 2 is 0.741 bits per heavy atom. The minimum absolute atomic E-state index is 0.438. The van der Waals surface area contributed by atoms with E-state index < -0.39 is 0 Å². The van der Waals surface area contributed by atoms with Crippen LogP contribution in [0.3, 0.4) is 0 Å². The smallest absolute Gasteiger partial charge is 0.00645 e. The van der Waals surface area contributed by atoms with E-state index in [1.807, 2.05) is 0 Å². The Hall–Kier alpha value is -0.0400. The molecule has 1 heteroatoms. The molecule has 0 bridgehead atoms. The van der Waals surface area contributed by atoms with E-state index in [0.29, 0.717) is 12.0 Å². The summed E-state index contributed by atoms with van der Waals surface area (Å²) in [4.78, 5) is 0. The molecular formula is C26H55N. The number of hydrogen-bond donors (Lipinski definition) is 1. The molecular weight excluding hydrogens is 326 g/mol. The number of rotatable bonds is 22. The van der Waals surface area contributed by atoms with Crippen LogP contribution in [0.25, 0.3) is 0 Å². The van der Waals surface area contributed by atoms with Crippen LogP contribution < -0.4 is 5.73 Å². The van der Waals surface area contributed by atoms with E-state index in [0.717, 1.165) is 0 Å². The zero-order chi connectivity index (χ0) is 20.0. The van der Waals surface area contributed by atoms with Crippen molar-refractivity contribution in [3.63, 3.8) is 0 Å². The molecule has 0 spiro atoms. The molecule has 0 aromatic heterocycles. The zero-order valence-corrected chi connectivity index (χ0v) is 19.6. The van der Waals surface area contributed by atoms with E-state index in [1.54, 1.807) is 0 Å². The lowest BCUT2D eigenvalue weighted by molar-refractivity contribution is 0.378.